The molecular formula is C20H25NO4. The van der Waals surface area contributed by atoms with Crippen LogP contribution in [-0.2, 0) is 11.2 Å². The number of hydrogen-bond acceptors (Lipinski definition) is 4. The largest absolute Gasteiger partial charge is 0.497 e. The van der Waals surface area contributed by atoms with E-state index < -0.39 is 6.10 Å². The zero-order chi connectivity index (χ0) is 18.1. The quantitative estimate of drug-likeness (QED) is 0.710. The van der Waals surface area contributed by atoms with Gasteiger partial charge >= 0.3 is 0 Å². The summed E-state index contributed by atoms with van der Waals surface area (Å²) in [5, 5.41) is 2.90. The third-order valence-electron chi connectivity index (χ3n) is 3.82. The van der Waals surface area contributed by atoms with Crippen molar-refractivity contribution in [3.05, 3.63) is 54.1 Å². The maximum absolute atomic E-state index is 12.1. The van der Waals surface area contributed by atoms with E-state index in [1.54, 1.807) is 33.3 Å². The lowest BCUT2D eigenvalue weighted by atomic mass is 10.1. The first-order valence-electron chi connectivity index (χ1n) is 8.33. The Kier molecular flexibility index (Phi) is 7.14. The number of aryl methyl sites for hydroxylation is 1. The van der Waals surface area contributed by atoms with Gasteiger partial charge in [0.1, 0.15) is 17.2 Å². The number of rotatable bonds is 9. The number of hydrogen-bond donors (Lipinski definition) is 1. The van der Waals surface area contributed by atoms with Gasteiger partial charge in [-0.25, -0.2) is 0 Å². The van der Waals surface area contributed by atoms with Crippen molar-refractivity contribution < 1.29 is 19.0 Å². The summed E-state index contributed by atoms with van der Waals surface area (Å²) in [7, 11) is 3.25. The van der Waals surface area contributed by atoms with Crippen LogP contribution < -0.4 is 19.5 Å². The number of amides is 1. The first-order valence-corrected chi connectivity index (χ1v) is 8.33. The molecule has 5 heteroatoms. The molecule has 0 aliphatic rings. The third-order valence-corrected chi connectivity index (χ3v) is 3.82. The minimum atomic E-state index is -0.562. The van der Waals surface area contributed by atoms with Crippen molar-refractivity contribution >= 4 is 5.91 Å². The minimum Gasteiger partial charge on any atom is -0.497 e. The van der Waals surface area contributed by atoms with E-state index in [0.717, 1.165) is 18.6 Å². The van der Waals surface area contributed by atoms with Gasteiger partial charge in [-0.3, -0.25) is 4.79 Å². The van der Waals surface area contributed by atoms with Crippen LogP contribution in [0.4, 0.5) is 0 Å². The molecule has 0 radical (unpaired) electrons. The van der Waals surface area contributed by atoms with Gasteiger partial charge in [0.15, 0.2) is 6.10 Å². The SMILES string of the molecule is COc1ccc(CCCNC(=O)[C@@H](C)Oc2cccc(OC)c2)cc1. The fraction of sp³-hybridized carbons (Fsp3) is 0.350. The number of nitrogens with one attached hydrogen (secondary N) is 1. The molecule has 2 rings (SSSR count). The van der Waals surface area contributed by atoms with Crippen molar-refractivity contribution in [1.29, 1.82) is 0 Å². The Morgan fingerprint density at radius 1 is 1.00 bits per heavy atom. The zero-order valence-corrected chi connectivity index (χ0v) is 15.0. The average molecular weight is 343 g/mol. The molecular weight excluding hydrogens is 318 g/mol. The Hall–Kier alpha value is -2.69. The molecule has 2 aromatic carbocycles. The van der Waals surface area contributed by atoms with Crippen molar-refractivity contribution in [2.75, 3.05) is 20.8 Å². The standard InChI is InChI=1S/C20H25NO4/c1-15(25-19-8-4-7-18(14-19)24-3)20(22)21-13-5-6-16-9-11-17(23-2)12-10-16/h4,7-12,14-15H,5-6,13H2,1-3H3,(H,21,22)/t15-/m1/s1. The van der Waals surface area contributed by atoms with Crippen molar-refractivity contribution in [2.45, 2.75) is 25.9 Å². The summed E-state index contributed by atoms with van der Waals surface area (Å²) < 4.78 is 15.9. The fourth-order valence-corrected chi connectivity index (χ4v) is 2.37. The number of ether oxygens (including phenoxy) is 3. The first-order chi connectivity index (χ1) is 12.1. The smallest absolute Gasteiger partial charge is 0.260 e. The minimum absolute atomic E-state index is 0.127. The maximum atomic E-state index is 12.1. The van der Waals surface area contributed by atoms with Crippen LogP contribution in [0.3, 0.4) is 0 Å². The lowest BCUT2D eigenvalue weighted by Gasteiger charge is -2.15. The summed E-state index contributed by atoms with van der Waals surface area (Å²) in [6.45, 7) is 2.34. The summed E-state index contributed by atoms with van der Waals surface area (Å²) in [5.74, 6) is 2.03. The van der Waals surface area contributed by atoms with E-state index >= 15 is 0 Å². The molecule has 1 amide bonds. The van der Waals surface area contributed by atoms with Gasteiger partial charge in [0, 0.05) is 12.6 Å². The van der Waals surface area contributed by atoms with Crippen LogP contribution in [0.2, 0.25) is 0 Å². The topological polar surface area (TPSA) is 56.8 Å². The van der Waals surface area contributed by atoms with Crippen molar-refractivity contribution in [1.82, 2.24) is 5.32 Å². The Bertz CT molecular complexity index is 670. The summed E-state index contributed by atoms with van der Waals surface area (Å²) in [6, 6.07) is 15.2. The Morgan fingerprint density at radius 2 is 1.68 bits per heavy atom. The second-order valence-electron chi connectivity index (χ2n) is 5.68. The third kappa shape index (κ3) is 6.03. The molecule has 0 heterocycles. The fourth-order valence-electron chi connectivity index (χ4n) is 2.37. The predicted octanol–water partition coefficient (Wildman–Crippen LogP) is 3.22. The monoisotopic (exact) mass is 343 g/mol. The van der Waals surface area contributed by atoms with Gasteiger partial charge in [-0.2, -0.15) is 0 Å². The van der Waals surface area contributed by atoms with Gasteiger partial charge in [0.2, 0.25) is 0 Å². The summed E-state index contributed by atoms with van der Waals surface area (Å²) in [4.78, 5) is 12.1. The molecule has 2 aromatic rings. The zero-order valence-electron chi connectivity index (χ0n) is 15.0. The lowest BCUT2D eigenvalue weighted by molar-refractivity contribution is -0.127. The molecule has 0 saturated carbocycles. The molecule has 0 spiro atoms. The van der Waals surface area contributed by atoms with E-state index in [-0.39, 0.29) is 5.91 Å². The molecule has 0 bridgehead atoms. The van der Waals surface area contributed by atoms with Gasteiger partial charge in [-0.1, -0.05) is 18.2 Å². The molecule has 0 aliphatic heterocycles. The molecule has 5 nitrogen and oxygen atoms in total. The van der Waals surface area contributed by atoms with Crippen molar-refractivity contribution in [3.8, 4) is 17.2 Å². The molecule has 1 atom stereocenters. The van der Waals surface area contributed by atoms with Gasteiger partial charge < -0.3 is 19.5 Å². The molecule has 0 aromatic heterocycles. The number of carbonyl (C=O) groups excluding carboxylic acids is 1. The number of methoxy groups -OCH3 is 2. The Morgan fingerprint density at radius 3 is 2.36 bits per heavy atom. The van der Waals surface area contributed by atoms with Crippen LogP contribution in [0.25, 0.3) is 0 Å². The summed E-state index contributed by atoms with van der Waals surface area (Å²) in [5.41, 5.74) is 1.22. The van der Waals surface area contributed by atoms with Crippen LogP contribution in [0.15, 0.2) is 48.5 Å². The van der Waals surface area contributed by atoms with Gasteiger partial charge in [0.25, 0.3) is 5.91 Å². The van der Waals surface area contributed by atoms with Crippen molar-refractivity contribution in [3.63, 3.8) is 0 Å². The maximum Gasteiger partial charge on any atom is 0.260 e. The molecule has 0 unspecified atom stereocenters. The average Bonchev–Trinajstić information content (AvgIpc) is 2.65. The molecule has 25 heavy (non-hydrogen) atoms. The highest BCUT2D eigenvalue weighted by Gasteiger charge is 2.14. The number of carbonyl (C=O) groups is 1. The highest BCUT2D eigenvalue weighted by Crippen LogP contribution is 2.20. The van der Waals surface area contributed by atoms with Crippen LogP contribution in [0.5, 0.6) is 17.2 Å². The molecule has 0 fully saturated rings. The summed E-state index contributed by atoms with van der Waals surface area (Å²) >= 11 is 0. The summed E-state index contributed by atoms with van der Waals surface area (Å²) in [6.07, 6.45) is 1.20. The Balaban J connectivity index is 1.71. The second-order valence-corrected chi connectivity index (χ2v) is 5.68. The highest BCUT2D eigenvalue weighted by molar-refractivity contribution is 5.80. The molecule has 134 valence electrons. The van der Waals surface area contributed by atoms with Crippen LogP contribution >= 0.6 is 0 Å². The van der Waals surface area contributed by atoms with Crippen LogP contribution in [-0.4, -0.2) is 32.8 Å². The van der Waals surface area contributed by atoms with E-state index in [1.165, 1.54) is 5.56 Å². The normalized spacial score (nSPS) is 11.5. The predicted molar refractivity (Wildman–Crippen MR) is 97.4 cm³/mol. The first kappa shape index (κ1) is 18.6. The lowest BCUT2D eigenvalue weighted by Crippen LogP contribution is -2.36. The van der Waals surface area contributed by atoms with Gasteiger partial charge in [0.05, 0.1) is 14.2 Å². The van der Waals surface area contributed by atoms with E-state index in [9.17, 15) is 4.79 Å². The van der Waals surface area contributed by atoms with Gasteiger partial charge in [-0.05, 0) is 49.6 Å². The van der Waals surface area contributed by atoms with Crippen molar-refractivity contribution in [2.24, 2.45) is 0 Å². The molecule has 0 saturated heterocycles. The van der Waals surface area contributed by atoms with E-state index in [4.69, 9.17) is 14.2 Å². The molecule has 0 aliphatic carbocycles. The van der Waals surface area contributed by atoms with E-state index in [0.29, 0.717) is 18.0 Å². The van der Waals surface area contributed by atoms with Crippen LogP contribution in [0, 0.1) is 0 Å². The van der Waals surface area contributed by atoms with Gasteiger partial charge in [-0.15, -0.1) is 0 Å². The van der Waals surface area contributed by atoms with Crippen LogP contribution in [0.1, 0.15) is 18.9 Å². The Labute approximate surface area is 148 Å². The molecule has 1 N–H and O–H groups in total. The second kappa shape index (κ2) is 9.57. The highest BCUT2D eigenvalue weighted by atomic mass is 16.5. The van der Waals surface area contributed by atoms with E-state index in [1.807, 2.05) is 36.4 Å². The number of benzene rings is 2. The van der Waals surface area contributed by atoms with E-state index in [2.05, 4.69) is 5.32 Å².